The Kier molecular flexibility index (Phi) is 7.55. The van der Waals surface area contributed by atoms with Gasteiger partial charge in [-0.1, -0.05) is 49.3 Å². The van der Waals surface area contributed by atoms with Gasteiger partial charge < -0.3 is 9.88 Å². The van der Waals surface area contributed by atoms with E-state index in [0.717, 1.165) is 33.7 Å². The summed E-state index contributed by atoms with van der Waals surface area (Å²) in [4.78, 5) is 18.2. The zero-order valence-corrected chi connectivity index (χ0v) is 20.2. The number of aromatic nitrogens is 4. The number of rotatable bonds is 8. The van der Waals surface area contributed by atoms with Crippen molar-refractivity contribution in [2.45, 2.75) is 58.0 Å². The van der Waals surface area contributed by atoms with Crippen LogP contribution in [0.4, 0.5) is 5.13 Å². The van der Waals surface area contributed by atoms with Crippen LogP contribution in [0.1, 0.15) is 42.7 Å². The van der Waals surface area contributed by atoms with E-state index in [1.807, 2.05) is 45.0 Å². The van der Waals surface area contributed by atoms with Crippen LogP contribution < -0.4 is 5.32 Å². The molecule has 0 saturated carbocycles. The molecule has 3 aromatic rings. The van der Waals surface area contributed by atoms with Gasteiger partial charge in [-0.25, -0.2) is 4.98 Å². The van der Waals surface area contributed by atoms with Crippen molar-refractivity contribution in [1.82, 2.24) is 19.7 Å². The van der Waals surface area contributed by atoms with Gasteiger partial charge in [-0.15, -0.1) is 21.5 Å². The minimum Gasteiger partial charge on any atom is -0.305 e. The lowest BCUT2D eigenvalue weighted by Crippen LogP contribution is -2.23. The van der Waals surface area contributed by atoms with Gasteiger partial charge in [0.25, 0.3) is 0 Å². The number of nitrogens with one attached hydrogen (secondary N) is 1. The molecule has 9 heteroatoms. The predicted molar refractivity (Wildman–Crippen MR) is 125 cm³/mol. The maximum Gasteiger partial charge on any atom is 0.239 e. The number of thiazole rings is 1. The van der Waals surface area contributed by atoms with Crippen LogP contribution in [0.25, 0.3) is 0 Å². The Morgan fingerprint density at radius 3 is 2.50 bits per heavy atom. The summed E-state index contributed by atoms with van der Waals surface area (Å²) >= 11 is 8.90. The molecule has 0 saturated heterocycles. The molecule has 1 N–H and O–H groups in total. The van der Waals surface area contributed by atoms with Crippen molar-refractivity contribution in [3.63, 3.8) is 0 Å². The van der Waals surface area contributed by atoms with Crippen molar-refractivity contribution >= 4 is 45.7 Å². The van der Waals surface area contributed by atoms with Gasteiger partial charge in [0, 0.05) is 22.9 Å². The lowest BCUT2D eigenvalue weighted by Gasteiger charge is -2.15. The van der Waals surface area contributed by atoms with Crippen LogP contribution in [0, 0.1) is 19.8 Å². The van der Waals surface area contributed by atoms with Crippen LogP contribution in [0.15, 0.2) is 29.4 Å². The number of carbonyl (C=O) groups is 1. The molecule has 0 aliphatic rings. The molecule has 30 heavy (non-hydrogen) atoms. The fourth-order valence-corrected chi connectivity index (χ4v) is 4.64. The Morgan fingerprint density at radius 2 is 1.90 bits per heavy atom. The van der Waals surface area contributed by atoms with E-state index in [4.69, 9.17) is 11.6 Å². The average Bonchev–Trinajstić information content (AvgIpc) is 3.19. The minimum absolute atomic E-state index is 0.0906. The molecule has 160 valence electrons. The lowest BCUT2D eigenvalue weighted by molar-refractivity contribution is -0.115. The topological polar surface area (TPSA) is 72.7 Å². The van der Waals surface area contributed by atoms with E-state index in [0.29, 0.717) is 22.5 Å². The van der Waals surface area contributed by atoms with Crippen molar-refractivity contribution in [3.8, 4) is 0 Å². The molecule has 0 radical (unpaired) electrons. The Morgan fingerprint density at radius 1 is 1.20 bits per heavy atom. The van der Waals surface area contributed by atoms with Gasteiger partial charge in [-0.3, -0.25) is 4.79 Å². The summed E-state index contributed by atoms with van der Waals surface area (Å²) in [5, 5.41) is 13.5. The van der Waals surface area contributed by atoms with Gasteiger partial charge in [0.05, 0.1) is 10.9 Å². The Bertz CT molecular complexity index is 994. The van der Waals surface area contributed by atoms with Crippen molar-refractivity contribution in [2.24, 2.45) is 5.92 Å². The molecule has 0 aliphatic heterocycles. The van der Waals surface area contributed by atoms with Crippen molar-refractivity contribution in [1.29, 1.82) is 0 Å². The van der Waals surface area contributed by atoms with Crippen LogP contribution in [0.5, 0.6) is 0 Å². The van der Waals surface area contributed by atoms with Crippen molar-refractivity contribution < 1.29 is 4.79 Å². The van der Waals surface area contributed by atoms with Gasteiger partial charge in [0.15, 0.2) is 10.3 Å². The zero-order chi connectivity index (χ0) is 21.8. The van der Waals surface area contributed by atoms with E-state index in [-0.39, 0.29) is 11.2 Å². The molecule has 0 unspecified atom stereocenters. The number of halogens is 1. The summed E-state index contributed by atoms with van der Waals surface area (Å²) in [5.74, 6) is 1.22. The number of anilines is 1. The quantitative estimate of drug-likeness (QED) is 0.454. The number of nitrogens with zero attached hydrogens (tertiary/aromatic N) is 4. The average molecular weight is 464 g/mol. The van der Waals surface area contributed by atoms with Crippen LogP contribution in [-0.2, 0) is 17.8 Å². The number of amides is 1. The summed E-state index contributed by atoms with van der Waals surface area (Å²) in [6.45, 7) is 10.9. The van der Waals surface area contributed by atoms with Crippen LogP contribution in [0.3, 0.4) is 0 Å². The summed E-state index contributed by atoms with van der Waals surface area (Å²) in [5.41, 5.74) is 2.06. The summed E-state index contributed by atoms with van der Waals surface area (Å²) in [7, 11) is 0. The Balaban J connectivity index is 1.74. The summed E-state index contributed by atoms with van der Waals surface area (Å²) in [6, 6.07) is 7.75. The second-order valence-electron chi connectivity index (χ2n) is 7.62. The number of carbonyl (C=O) groups excluding carboxylic acids is 1. The maximum absolute atomic E-state index is 12.7. The smallest absolute Gasteiger partial charge is 0.239 e. The van der Waals surface area contributed by atoms with E-state index in [9.17, 15) is 4.79 Å². The number of thioether (sulfide) groups is 1. The van der Waals surface area contributed by atoms with Crippen LogP contribution in [0.2, 0.25) is 5.02 Å². The number of benzene rings is 1. The second kappa shape index (κ2) is 9.94. The number of hydrogen-bond acceptors (Lipinski definition) is 6. The van der Waals surface area contributed by atoms with Crippen molar-refractivity contribution in [3.05, 3.63) is 51.2 Å². The molecule has 1 atom stereocenters. The highest BCUT2D eigenvalue weighted by atomic mass is 35.5. The standard InChI is InChI=1S/C21H26ClN5OS2/c1-12(2)11-27-18(10-16-6-8-17(22)9-7-16)25-26-21(27)30-15(5)19(28)24-20-23-13(3)14(4)29-20/h6-9,12,15H,10-11H2,1-5H3,(H,23,24,28)/t15-/m0/s1. The molecule has 0 fully saturated rings. The monoisotopic (exact) mass is 463 g/mol. The first-order chi connectivity index (χ1) is 14.2. The lowest BCUT2D eigenvalue weighted by atomic mass is 10.1. The van der Waals surface area contributed by atoms with E-state index < -0.39 is 0 Å². The number of hydrogen-bond donors (Lipinski definition) is 1. The third kappa shape index (κ3) is 5.83. The molecule has 0 aliphatic carbocycles. The first-order valence-electron chi connectivity index (χ1n) is 9.81. The largest absolute Gasteiger partial charge is 0.305 e. The van der Waals surface area contributed by atoms with Gasteiger partial charge in [-0.2, -0.15) is 0 Å². The molecule has 0 bridgehead atoms. The molecule has 2 heterocycles. The van der Waals surface area contributed by atoms with Crippen LogP contribution >= 0.6 is 34.7 Å². The minimum atomic E-state index is -0.326. The third-order valence-corrected chi connectivity index (χ3v) is 6.85. The molecule has 0 spiro atoms. The highest BCUT2D eigenvalue weighted by Crippen LogP contribution is 2.27. The first kappa shape index (κ1) is 22.8. The fourth-order valence-electron chi connectivity index (χ4n) is 2.82. The normalized spacial score (nSPS) is 12.4. The first-order valence-corrected chi connectivity index (χ1v) is 11.9. The van der Waals surface area contributed by atoms with Gasteiger partial charge >= 0.3 is 0 Å². The van der Waals surface area contributed by atoms with Gasteiger partial charge in [0.1, 0.15) is 5.82 Å². The third-order valence-electron chi connectivity index (χ3n) is 4.53. The Labute approximate surface area is 190 Å². The number of aryl methyl sites for hydroxylation is 2. The predicted octanol–water partition coefficient (Wildman–Crippen LogP) is 5.37. The van der Waals surface area contributed by atoms with Crippen LogP contribution in [-0.4, -0.2) is 30.9 Å². The zero-order valence-electron chi connectivity index (χ0n) is 17.8. The molecule has 3 rings (SSSR count). The molecule has 2 aromatic heterocycles. The van der Waals surface area contributed by atoms with E-state index >= 15 is 0 Å². The van der Waals surface area contributed by atoms with Crippen molar-refractivity contribution in [2.75, 3.05) is 5.32 Å². The fraction of sp³-hybridized carbons (Fsp3) is 0.429. The summed E-state index contributed by atoms with van der Waals surface area (Å²) in [6.07, 6.45) is 0.662. The molecular formula is C21H26ClN5OS2. The Hall–Kier alpha value is -1.90. The molecule has 6 nitrogen and oxygen atoms in total. The molecular weight excluding hydrogens is 438 g/mol. The maximum atomic E-state index is 12.7. The second-order valence-corrected chi connectivity index (χ2v) is 10.6. The van der Waals surface area contributed by atoms with E-state index in [2.05, 4.69) is 38.9 Å². The molecule has 1 aromatic carbocycles. The highest BCUT2D eigenvalue weighted by Gasteiger charge is 2.22. The van der Waals surface area contributed by atoms with E-state index in [1.165, 1.54) is 23.1 Å². The SMILES string of the molecule is Cc1nc(NC(=O)[C@H](C)Sc2nnc(Cc3ccc(Cl)cc3)n2CC(C)C)sc1C. The van der Waals surface area contributed by atoms with Gasteiger partial charge in [0.2, 0.25) is 5.91 Å². The van der Waals surface area contributed by atoms with E-state index in [1.54, 1.807) is 0 Å². The summed E-state index contributed by atoms with van der Waals surface area (Å²) < 4.78 is 2.12. The van der Waals surface area contributed by atoms with Gasteiger partial charge in [-0.05, 0) is 44.4 Å². The highest BCUT2D eigenvalue weighted by molar-refractivity contribution is 8.00. The molecule has 1 amide bonds.